The Morgan fingerprint density at radius 3 is 2.35 bits per heavy atom. The van der Waals surface area contributed by atoms with Crippen molar-refractivity contribution in [1.82, 2.24) is 9.97 Å². The van der Waals surface area contributed by atoms with Gasteiger partial charge in [-0.3, -0.25) is 0 Å². The van der Waals surface area contributed by atoms with Gasteiger partial charge in [0.2, 0.25) is 0 Å². The second-order valence-electron chi connectivity index (χ2n) is 6.24. The van der Waals surface area contributed by atoms with Crippen LogP contribution < -0.4 is 10.6 Å². The summed E-state index contributed by atoms with van der Waals surface area (Å²) in [5.41, 5.74) is 1.71. The second-order valence-corrected chi connectivity index (χ2v) is 6.24. The number of hydrogen-bond donors (Lipinski definition) is 2. The van der Waals surface area contributed by atoms with Gasteiger partial charge in [0.25, 0.3) is 0 Å². The molecule has 1 aromatic rings. The van der Waals surface area contributed by atoms with Crippen LogP contribution in [-0.4, -0.2) is 23.1 Å². The highest BCUT2D eigenvalue weighted by atomic mass is 15.1. The molecule has 0 bridgehead atoms. The predicted octanol–water partition coefficient (Wildman–Crippen LogP) is 3.85. The summed E-state index contributed by atoms with van der Waals surface area (Å²) >= 11 is 0. The Morgan fingerprint density at radius 1 is 1.10 bits per heavy atom. The number of nitrogens with zero attached hydrogens (tertiary/aromatic N) is 2. The summed E-state index contributed by atoms with van der Waals surface area (Å²) in [6.45, 7) is 8.72. The molecule has 0 radical (unpaired) electrons. The molecule has 0 aliphatic heterocycles. The molecule has 0 unspecified atom stereocenters. The molecule has 1 aliphatic carbocycles. The highest BCUT2D eigenvalue weighted by Crippen LogP contribution is 2.40. The van der Waals surface area contributed by atoms with E-state index in [9.17, 15) is 0 Å². The highest BCUT2D eigenvalue weighted by molar-refractivity contribution is 5.57. The molecule has 112 valence electrons. The Labute approximate surface area is 122 Å². The van der Waals surface area contributed by atoms with Crippen LogP contribution >= 0.6 is 0 Å². The lowest BCUT2D eigenvalue weighted by Crippen LogP contribution is -2.33. The van der Waals surface area contributed by atoms with Crippen LogP contribution in [0.3, 0.4) is 0 Å². The third kappa shape index (κ3) is 3.62. The first kappa shape index (κ1) is 15.1. The third-order valence-corrected chi connectivity index (χ3v) is 4.23. The molecule has 4 heteroatoms. The molecule has 0 aromatic carbocycles. The number of hydrogen-bond acceptors (Lipinski definition) is 4. The van der Waals surface area contributed by atoms with Gasteiger partial charge in [-0.1, -0.05) is 33.6 Å². The van der Waals surface area contributed by atoms with Crippen LogP contribution in [0, 0.1) is 5.41 Å². The van der Waals surface area contributed by atoms with Gasteiger partial charge in [0.05, 0.1) is 0 Å². The Kier molecular flexibility index (Phi) is 5.21. The first-order chi connectivity index (χ1) is 9.68. The van der Waals surface area contributed by atoms with E-state index in [4.69, 9.17) is 0 Å². The first-order valence-electron chi connectivity index (χ1n) is 8.00. The predicted molar refractivity (Wildman–Crippen MR) is 85.3 cm³/mol. The first-order valence-corrected chi connectivity index (χ1v) is 8.00. The largest absolute Gasteiger partial charge is 0.370 e. The fourth-order valence-electron chi connectivity index (χ4n) is 2.70. The maximum Gasteiger partial charge on any atom is 0.134 e. The van der Waals surface area contributed by atoms with Gasteiger partial charge in [0, 0.05) is 18.7 Å². The maximum atomic E-state index is 4.47. The average molecular weight is 276 g/mol. The molecular formula is C16H28N4. The quantitative estimate of drug-likeness (QED) is 0.757. The van der Waals surface area contributed by atoms with E-state index in [0.29, 0.717) is 5.41 Å². The number of aromatic nitrogens is 2. The van der Waals surface area contributed by atoms with Gasteiger partial charge in [-0.05, 0) is 31.1 Å². The number of nitrogens with one attached hydrogen (secondary N) is 2. The molecule has 1 aromatic heterocycles. The molecule has 0 spiro atoms. The molecule has 1 aliphatic rings. The Balaban J connectivity index is 2.08. The van der Waals surface area contributed by atoms with Crippen molar-refractivity contribution < 1.29 is 0 Å². The van der Waals surface area contributed by atoms with Crippen molar-refractivity contribution in [3.05, 3.63) is 11.9 Å². The zero-order valence-corrected chi connectivity index (χ0v) is 13.1. The van der Waals surface area contributed by atoms with Gasteiger partial charge < -0.3 is 10.6 Å². The third-order valence-electron chi connectivity index (χ3n) is 4.23. The fraction of sp³-hybridized carbons (Fsp3) is 0.750. The molecule has 0 atom stereocenters. The average Bonchev–Trinajstić information content (AvgIpc) is 2.43. The Hall–Kier alpha value is -1.32. The van der Waals surface area contributed by atoms with E-state index in [0.717, 1.165) is 44.0 Å². The monoisotopic (exact) mass is 276 g/mol. The van der Waals surface area contributed by atoms with E-state index >= 15 is 0 Å². The summed E-state index contributed by atoms with van der Waals surface area (Å²) in [5, 5.41) is 6.99. The molecule has 1 heterocycles. The van der Waals surface area contributed by atoms with Crippen molar-refractivity contribution in [1.29, 1.82) is 0 Å². The Bertz CT molecular complexity index is 426. The van der Waals surface area contributed by atoms with E-state index < -0.39 is 0 Å². The number of anilines is 2. The van der Waals surface area contributed by atoms with Crippen LogP contribution in [0.2, 0.25) is 0 Å². The summed E-state index contributed by atoms with van der Waals surface area (Å²) < 4.78 is 0. The van der Waals surface area contributed by atoms with Crippen LogP contribution in [0.15, 0.2) is 6.33 Å². The molecular weight excluding hydrogens is 248 g/mol. The van der Waals surface area contributed by atoms with Gasteiger partial charge in [-0.25, -0.2) is 9.97 Å². The lowest BCUT2D eigenvalue weighted by molar-refractivity contribution is 0.179. The van der Waals surface area contributed by atoms with Gasteiger partial charge in [0.15, 0.2) is 0 Å². The molecule has 4 nitrogen and oxygen atoms in total. The van der Waals surface area contributed by atoms with Crippen molar-refractivity contribution in [3.63, 3.8) is 0 Å². The van der Waals surface area contributed by atoms with Crippen molar-refractivity contribution in [2.75, 3.05) is 23.7 Å². The van der Waals surface area contributed by atoms with Crippen LogP contribution in [0.1, 0.15) is 58.4 Å². The maximum absolute atomic E-state index is 4.47. The molecule has 20 heavy (non-hydrogen) atoms. The van der Waals surface area contributed by atoms with Gasteiger partial charge >= 0.3 is 0 Å². The summed E-state index contributed by atoms with van der Waals surface area (Å²) in [6, 6.07) is 0. The van der Waals surface area contributed by atoms with E-state index in [1.165, 1.54) is 24.8 Å². The molecule has 2 rings (SSSR count). The van der Waals surface area contributed by atoms with Gasteiger partial charge in [-0.2, -0.15) is 0 Å². The summed E-state index contributed by atoms with van der Waals surface area (Å²) in [6.07, 6.45) is 8.93. The molecule has 0 saturated heterocycles. The van der Waals surface area contributed by atoms with Crippen molar-refractivity contribution in [2.24, 2.45) is 5.41 Å². The lowest BCUT2D eigenvalue weighted by atomic mass is 9.70. The van der Waals surface area contributed by atoms with Crippen LogP contribution in [0.25, 0.3) is 0 Å². The minimum atomic E-state index is 0.464. The van der Waals surface area contributed by atoms with E-state index in [1.54, 1.807) is 6.33 Å². The minimum absolute atomic E-state index is 0.464. The highest BCUT2D eigenvalue weighted by Gasteiger charge is 2.31. The van der Waals surface area contributed by atoms with Crippen LogP contribution in [-0.2, 0) is 6.42 Å². The van der Waals surface area contributed by atoms with Gasteiger partial charge in [0.1, 0.15) is 18.0 Å². The fourth-order valence-corrected chi connectivity index (χ4v) is 2.70. The second kappa shape index (κ2) is 6.91. The van der Waals surface area contributed by atoms with E-state index in [2.05, 4.69) is 41.4 Å². The summed E-state index contributed by atoms with van der Waals surface area (Å²) in [5.74, 6) is 2.03. The van der Waals surface area contributed by atoms with Crippen molar-refractivity contribution in [2.45, 2.75) is 59.3 Å². The number of rotatable bonds is 8. The van der Waals surface area contributed by atoms with Crippen LogP contribution in [0.4, 0.5) is 11.6 Å². The van der Waals surface area contributed by atoms with Crippen LogP contribution in [0.5, 0.6) is 0 Å². The van der Waals surface area contributed by atoms with Crippen molar-refractivity contribution in [3.8, 4) is 0 Å². The summed E-state index contributed by atoms with van der Waals surface area (Å²) in [4.78, 5) is 8.88. The van der Waals surface area contributed by atoms with E-state index in [1.807, 2.05) is 0 Å². The molecule has 2 N–H and O–H groups in total. The lowest BCUT2D eigenvalue weighted by Gasteiger charge is -2.38. The minimum Gasteiger partial charge on any atom is -0.370 e. The van der Waals surface area contributed by atoms with Gasteiger partial charge in [-0.15, -0.1) is 0 Å². The summed E-state index contributed by atoms with van der Waals surface area (Å²) in [7, 11) is 0. The normalized spacial score (nSPS) is 16.6. The van der Waals surface area contributed by atoms with E-state index in [-0.39, 0.29) is 0 Å². The molecule has 0 amide bonds. The topological polar surface area (TPSA) is 49.8 Å². The zero-order chi connectivity index (χ0) is 14.4. The standard InChI is InChI=1S/C16H28N4/c1-4-7-13-14(17-10-5-2)19-12-20-15(13)18-11-16(3)8-6-9-16/h12H,4-11H2,1-3H3,(H2,17,18,19,20). The molecule has 1 saturated carbocycles. The molecule has 1 fully saturated rings. The zero-order valence-electron chi connectivity index (χ0n) is 13.1. The smallest absolute Gasteiger partial charge is 0.134 e. The Morgan fingerprint density at radius 2 is 1.80 bits per heavy atom. The van der Waals surface area contributed by atoms with Crippen molar-refractivity contribution >= 4 is 11.6 Å². The SMILES string of the molecule is CCCNc1ncnc(NCC2(C)CCC2)c1CCC.